The van der Waals surface area contributed by atoms with Crippen molar-refractivity contribution in [1.82, 2.24) is 19.9 Å². The maximum atomic E-state index is 5.89. The maximum absolute atomic E-state index is 5.89. The molecule has 0 saturated carbocycles. The third-order valence-electron chi connectivity index (χ3n) is 6.55. The molecule has 4 heterocycles. The van der Waals surface area contributed by atoms with E-state index in [1.807, 2.05) is 49.8 Å². The van der Waals surface area contributed by atoms with E-state index in [9.17, 15) is 0 Å². The predicted octanol–water partition coefficient (Wildman–Crippen LogP) is 5.52. The van der Waals surface area contributed by atoms with E-state index in [2.05, 4.69) is 75.0 Å². The van der Waals surface area contributed by atoms with Gasteiger partial charge in [0.15, 0.2) is 5.11 Å². The molecule has 1 aliphatic heterocycles. The van der Waals surface area contributed by atoms with Gasteiger partial charge in [0.05, 0.1) is 24.4 Å². The fraction of sp³-hybridized carbons (Fsp3) is 0.250. The predicted molar refractivity (Wildman–Crippen MR) is 143 cm³/mol. The number of hydrogen-bond donors (Lipinski definition) is 1. The Morgan fingerprint density at radius 1 is 1.00 bits per heavy atom. The molecule has 1 aliphatic rings. The highest BCUT2D eigenvalue weighted by Crippen LogP contribution is 2.43. The molecule has 1 N–H and O–H groups in total. The number of benzene rings is 1. The van der Waals surface area contributed by atoms with Gasteiger partial charge in [-0.2, -0.15) is 0 Å². The summed E-state index contributed by atoms with van der Waals surface area (Å²) in [6.45, 7) is 7.77. The molecule has 0 aliphatic carbocycles. The molecule has 6 nitrogen and oxygen atoms in total. The summed E-state index contributed by atoms with van der Waals surface area (Å²) < 4.78 is 8.02. The van der Waals surface area contributed by atoms with Crippen LogP contribution in [0.25, 0.3) is 0 Å². The molecule has 4 aromatic rings. The summed E-state index contributed by atoms with van der Waals surface area (Å²) in [6.07, 6.45) is 5.52. The van der Waals surface area contributed by atoms with Crippen molar-refractivity contribution in [3.05, 3.63) is 107 Å². The largest absolute Gasteiger partial charge is 0.494 e. The van der Waals surface area contributed by atoms with Crippen molar-refractivity contribution in [1.29, 1.82) is 0 Å². The number of aromatic nitrogens is 3. The highest BCUT2D eigenvalue weighted by Gasteiger charge is 2.42. The number of pyridine rings is 2. The molecule has 1 saturated heterocycles. The minimum atomic E-state index is -0.0786. The SMILES string of the molecule is CCOc1ccc(N2C(=S)N[C@@H](c3ccccn3)[C@@H]2c2cc(C)n(Cc3ccncc3)c2C)cc1. The van der Waals surface area contributed by atoms with Crippen LogP contribution in [0.1, 0.15) is 47.2 Å². The molecule has 5 rings (SSSR count). The van der Waals surface area contributed by atoms with Gasteiger partial charge < -0.3 is 19.5 Å². The van der Waals surface area contributed by atoms with Crippen molar-refractivity contribution in [3.8, 4) is 5.75 Å². The van der Waals surface area contributed by atoms with Crippen LogP contribution in [-0.4, -0.2) is 26.3 Å². The van der Waals surface area contributed by atoms with E-state index >= 15 is 0 Å². The lowest BCUT2D eigenvalue weighted by Crippen LogP contribution is -2.29. The van der Waals surface area contributed by atoms with Gasteiger partial charge in [0.2, 0.25) is 0 Å². The second-order valence-electron chi connectivity index (χ2n) is 8.69. The number of anilines is 1. The van der Waals surface area contributed by atoms with Crippen molar-refractivity contribution >= 4 is 23.0 Å². The number of thiocarbonyl (C=S) groups is 1. The van der Waals surface area contributed by atoms with E-state index in [0.29, 0.717) is 11.7 Å². The van der Waals surface area contributed by atoms with Crippen LogP contribution in [0.15, 0.2) is 79.3 Å². The van der Waals surface area contributed by atoms with Crippen LogP contribution in [-0.2, 0) is 6.54 Å². The van der Waals surface area contributed by atoms with Gasteiger partial charge in [0.1, 0.15) is 5.75 Å². The second kappa shape index (κ2) is 9.88. The molecule has 1 aromatic carbocycles. The Bertz CT molecular complexity index is 1300. The molecule has 0 unspecified atom stereocenters. The molecule has 1 fully saturated rings. The summed E-state index contributed by atoms with van der Waals surface area (Å²) in [7, 11) is 0. The van der Waals surface area contributed by atoms with E-state index in [1.165, 1.54) is 22.5 Å². The first-order valence-electron chi connectivity index (χ1n) is 11.9. The Labute approximate surface area is 211 Å². The van der Waals surface area contributed by atoms with Crippen LogP contribution >= 0.6 is 12.2 Å². The third-order valence-corrected chi connectivity index (χ3v) is 6.86. The Morgan fingerprint density at radius 2 is 1.77 bits per heavy atom. The normalized spacial score (nSPS) is 17.5. The number of nitrogens with one attached hydrogen (secondary N) is 1. The summed E-state index contributed by atoms with van der Waals surface area (Å²) in [5.41, 5.74) is 6.86. The molecule has 3 aromatic heterocycles. The number of nitrogens with zero attached hydrogens (tertiary/aromatic N) is 4. The lowest BCUT2D eigenvalue weighted by atomic mass is 9.96. The number of hydrogen-bond acceptors (Lipinski definition) is 4. The van der Waals surface area contributed by atoms with Gasteiger partial charge in [0.25, 0.3) is 0 Å². The summed E-state index contributed by atoms with van der Waals surface area (Å²) in [5, 5.41) is 4.25. The van der Waals surface area contributed by atoms with Gasteiger partial charge in [-0.3, -0.25) is 9.97 Å². The Balaban J connectivity index is 1.59. The van der Waals surface area contributed by atoms with E-state index < -0.39 is 0 Å². The third kappa shape index (κ3) is 4.51. The van der Waals surface area contributed by atoms with Crippen LogP contribution in [0.4, 0.5) is 5.69 Å². The minimum absolute atomic E-state index is 0.0484. The topological polar surface area (TPSA) is 55.2 Å². The van der Waals surface area contributed by atoms with E-state index in [4.69, 9.17) is 17.0 Å². The molecule has 2 atom stereocenters. The van der Waals surface area contributed by atoms with Gasteiger partial charge in [-0.1, -0.05) is 6.07 Å². The summed E-state index contributed by atoms with van der Waals surface area (Å²) in [4.78, 5) is 11.1. The number of rotatable bonds is 7. The fourth-order valence-corrected chi connectivity index (χ4v) is 5.21. The molecule has 0 bridgehead atoms. The molecular weight excluding hydrogens is 454 g/mol. The van der Waals surface area contributed by atoms with E-state index in [-0.39, 0.29) is 12.1 Å². The zero-order valence-electron chi connectivity index (χ0n) is 20.2. The smallest absolute Gasteiger partial charge is 0.174 e. The Kier molecular flexibility index (Phi) is 6.51. The van der Waals surface area contributed by atoms with Crippen LogP contribution < -0.4 is 15.0 Å². The Hall–Kier alpha value is -3.71. The lowest BCUT2D eigenvalue weighted by Gasteiger charge is -2.28. The lowest BCUT2D eigenvalue weighted by molar-refractivity contribution is 0.340. The van der Waals surface area contributed by atoms with Gasteiger partial charge in [-0.25, -0.2) is 0 Å². The van der Waals surface area contributed by atoms with E-state index in [1.54, 1.807) is 0 Å². The molecule has 0 amide bonds. The highest BCUT2D eigenvalue weighted by atomic mass is 32.1. The first kappa shape index (κ1) is 23.1. The van der Waals surface area contributed by atoms with Crippen molar-refractivity contribution < 1.29 is 4.74 Å². The van der Waals surface area contributed by atoms with Gasteiger partial charge in [-0.05, 0) is 98.7 Å². The summed E-state index contributed by atoms with van der Waals surface area (Å²) in [6, 6.07) is 20.5. The van der Waals surface area contributed by atoms with Crippen LogP contribution in [0.5, 0.6) is 5.75 Å². The molecular formula is C28H29N5OS. The molecule has 0 radical (unpaired) electrons. The summed E-state index contributed by atoms with van der Waals surface area (Å²) >= 11 is 5.89. The fourth-order valence-electron chi connectivity index (χ4n) is 4.86. The quantitative estimate of drug-likeness (QED) is 0.350. The zero-order chi connectivity index (χ0) is 24.4. The van der Waals surface area contributed by atoms with Crippen molar-refractivity contribution in [2.45, 2.75) is 39.4 Å². The average Bonchev–Trinajstić information content (AvgIpc) is 3.37. The average molecular weight is 484 g/mol. The Morgan fingerprint density at radius 3 is 2.46 bits per heavy atom. The summed E-state index contributed by atoms with van der Waals surface area (Å²) in [5.74, 6) is 0.850. The molecule has 35 heavy (non-hydrogen) atoms. The van der Waals surface area contributed by atoms with Crippen molar-refractivity contribution in [2.75, 3.05) is 11.5 Å². The molecule has 0 spiro atoms. The highest BCUT2D eigenvalue weighted by molar-refractivity contribution is 7.80. The first-order valence-corrected chi connectivity index (χ1v) is 12.3. The number of aryl methyl sites for hydroxylation is 1. The minimum Gasteiger partial charge on any atom is -0.494 e. The van der Waals surface area contributed by atoms with Gasteiger partial charge >= 0.3 is 0 Å². The maximum Gasteiger partial charge on any atom is 0.174 e. The van der Waals surface area contributed by atoms with Crippen LogP contribution in [0, 0.1) is 13.8 Å². The van der Waals surface area contributed by atoms with Gasteiger partial charge in [-0.15, -0.1) is 0 Å². The van der Waals surface area contributed by atoms with Crippen LogP contribution in [0.2, 0.25) is 0 Å². The van der Waals surface area contributed by atoms with Gasteiger partial charge in [0, 0.05) is 42.2 Å². The number of ether oxygens (including phenoxy) is 1. The van der Waals surface area contributed by atoms with E-state index in [0.717, 1.165) is 23.7 Å². The molecule has 7 heteroatoms. The second-order valence-corrected chi connectivity index (χ2v) is 9.08. The van der Waals surface area contributed by atoms with Crippen molar-refractivity contribution in [2.24, 2.45) is 0 Å². The monoisotopic (exact) mass is 483 g/mol. The van der Waals surface area contributed by atoms with Crippen LogP contribution in [0.3, 0.4) is 0 Å². The van der Waals surface area contributed by atoms with Crippen molar-refractivity contribution in [3.63, 3.8) is 0 Å². The zero-order valence-corrected chi connectivity index (χ0v) is 21.0. The molecule has 178 valence electrons. The first-order chi connectivity index (χ1) is 17.1. The standard InChI is InChI=1S/C28H29N5OS/c1-4-34-23-10-8-22(9-11-23)33-27(26(31-28(33)35)25-7-5-6-14-30-25)24-17-19(2)32(20(24)3)18-21-12-15-29-16-13-21/h5-17,26-27H,4,18H2,1-3H3,(H,31,35)/t26-,27-/m0/s1.